The number of nitrogens with zero attached hydrogens (tertiary/aromatic N) is 1. The van der Waals surface area contributed by atoms with E-state index in [2.05, 4.69) is 37.1 Å². The van der Waals surface area contributed by atoms with E-state index >= 15 is 0 Å². The van der Waals surface area contributed by atoms with Gasteiger partial charge in [-0.3, -0.25) is 4.98 Å². The second-order valence-electron chi connectivity index (χ2n) is 5.29. The van der Waals surface area contributed by atoms with E-state index in [-0.39, 0.29) is 0 Å². The first-order chi connectivity index (χ1) is 8.74. The van der Waals surface area contributed by atoms with Gasteiger partial charge in [0.1, 0.15) is 0 Å². The first kappa shape index (κ1) is 15.2. The Labute approximate surface area is 112 Å². The van der Waals surface area contributed by atoms with Crippen molar-refractivity contribution in [3.8, 4) is 0 Å². The molecule has 1 N–H and O–H groups in total. The molecule has 1 atom stereocenters. The zero-order valence-electron chi connectivity index (χ0n) is 12.2. The second-order valence-corrected chi connectivity index (χ2v) is 5.29. The molecular formula is C16H28N2. The summed E-state index contributed by atoms with van der Waals surface area (Å²) in [6.07, 6.45) is 11.9. The van der Waals surface area contributed by atoms with Crippen LogP contribution in [-0.4, -0.2) is 11.0 Å². The number of aromatic nitrogens is 1. The zero-order valence-corrected chi connectivity index (χ0v) is 12.2. The summed E-state index contributed by atoms with van der Waals surface area (Å²) < 4.78 is 0. The van der Waals surface area contributed by atoms with Crippen molar-refractivity contribution >= 4 is 0 Å². The summed E-state index contributed by atoms with van der Waals surface area (Å²) in [6, 6.07) is 2.68. The van der Waals surface area contributed by atoms with E-state index in [0.29, 0.717) is 6.04 Å². The molecule has 0 fully saturated rings. The Bertz CT molecular complexity index is 323. The van der Waals surface area contributed by atoms with Crippen LogP contribution >= 0.6 is 0 Å². The summed E-state index contributed by atoms with van der Waals surface area (Å²) in [4.78, 5) is 4.18. The van der Waals surface area contributed by atoms with Gasteiger partial charge in [-0.25, -0.2) is 0 Å². The van der Waals surface area contributed by atoms with Crippen LogP contribution in [0.15, 0.2) is 18.5 Å². The molecule has 0 aliphatic heterocycles. The first-order valence-electron chi connectivity index (χ1n) is 7.37. The van der Waals surface area contributed by atoms with E-state index in [1.807, 2.05) is 12.4 Å². The first-order valence-corrected chi connectivity index (χ1v) is 7.37. The lowest BCUT2D eigenvalue weighted by molar-refractivity contribution is 0.479. The van der Waals surface area contributed by atoms with Crippen LogP contribution in [0.5, 0.6) is 0 Å². The van der Waals surface area contributed by atoms with Gasteiger partial charge in [0.05, 0.1) is 0 Å². The fourth-order valence-electron chi connectivity index (χ4n) is 2.12. The molecule has 1 aromatic heterocycles. The van der Waals surface area contributed by atoms with Crippen LogP contribution in [0.25, 0.3) is 0 Å². The van der Waals surface area contributed by atoms with Crippen molar-refractivity contribution < 1.29 is 0 Å². The zero-order chi connectivity index (χ0) is 13.2. The van der Waals surface area contributed by atoms with E-state index in [1.165, 1.54) is 49.7 Å². The predicted octanol–water partition coefficient (Wildman–Crippen LogP) is 4.23. The van der Waals surface area contributed by atoms with E-state index < -0.39 is 0 Å². The average Bonchev–Trinajstić information content (AvgIpc) is 2.37. The van der Waals surface area contributed by atoms with Crippen LogP contribution < -0.4 is 5.32 Å². The number of hydrogen-bond donors (Lipinski definition) is 1. The summed E-state index contributed by atoms with van der Waals surface area (Å²) in [5.74, 6) is 0. The maximum atomic E-state index is 4.18. The highest BCUT2D eigenvalue weighted by molar-refractivity contribution is 5.21. The number of nitrogens with one attached hydrogen (secondary N) is 1. The van der Waals surface area contributed by atoms with Crippen molar-refractivity contribution in [3.05, 3.63) is 29.6 Å². The molecule has 0 radical (unpaired) electrons. The number of rotatable bonds is 9. The summed E-state index contributed by atoms with van der Waals surface area (Å²) in [5.41, 5.74) is 2.64. The third kappa shape index (κ3) is 6.15. The van der Waals surface area contributed by atoms with Gasteiger partial charge in [0.25, 0.3) is 0 Å². The maximum Gasteiger partial charge on any atom is 0.0315 e. The fourth-order valence-corrected chi connectivity index (χ4v) is 2.12. The van der Waals surface area contributed by atoms with Crippen LogP contribution in [0.1, 0.15) is 63.5 Å². The third-order valence-electron chi connectivity index (χ3n) is 3.53. The largest absolute Gasteiger partial charge is 0.310 e. The molecule has 0 amide bonds. The Hall–Kier alpha value is -0.890. The van der Waals surface area contributed by atoms with Crippen molar-refractivity contribution in [1.29, 1.82) is 0 Å². The van der Waals surface area contributed by atoms with Gasteiger partial charge < -0.3 is 5.32 Å². The molecule has 0 aliphatic rings. The van der Waals surface area contributed by atoms with Crippen LogP contribution in [0, 0.1) is 6.92 Å². The van der Waals surface area contributed by atoms with Gasteiger partial charge in [-0.1, -0.05) is 39.0 Å². The SMILES string of the molecule is CCCCCCCC(C)NCc1cnccc1C. The van der Waals surface area contributed by atoms with Gasteiger partial charge in [0, 0.05) is 25.0 Å². The minimum atomic E-state index is 0.603. The van der Waals surface area contributed by atoms with Crippen LogP contribution in [0.3, 0.4) is 0 Å². The molecule has 2 nitrogen and oxygen atoms in total. The van der Waals surface area contributed by atoms with E-state index in [4.69, 9.17) is 0 Å². The van der Waals surface area contributed by atoms with Gasteiger partial charge >= 0.3 is 0 Å². The van der Waals surface area contributed by atoms with Gasteiger partial charge in [0.15, 0.2) is 0 Å². The summed E-state index contributed by atoms with van der Waals surface area (Å²) >= 11 is 0. The highest BCUT2D eigenvalue weighted by Gasteiger charge is 2.03. The van der Waals surface area contributed by atoms with Gasteiger partial charge in [-0.05, 0) is 37.5 Å². The predicted molar refractivity (Wildman–Crippen MR) is 78.7 cm³/mol. The topological polar surface area (TPSA) is 24.9 Å². The molecule has 2 heteroatoms. The van der Waals surface area contributed by atoms with Gasteiger partial charge in [-0.15, -0.1) is 0 Å². The molecule has 102 valence electrons. The van der Waals surface area contributed by atoms with E-state index in [9.17, 15) is 0 Å². The lowest BCUT2D eigenvalue weighted by Crippen LogP contribution is -2.25. The molecule has 1 heterocycles. The van der Waals surface area contributed by atoms with E-state index in [0.717, 1.165) is 6.54 Å². The standard InChI is InChI=1S/C16H28N2/c1-4-5-6-7-8-9-15(3)18-13-16-12-17-11-10-14(16)2/h10-12,15,18H,4-9,13H2,1-3H3. The lowest BCUT2D eigenvalue weighted by Gasteiger charge is -2.14. The minimum absolute atomic E-state index is 0.603. The Morgan fingerprint density at radius 3 is 2.72 bits per heavy atom. The second kappa shape index (κ2) is 9.09. The maximum absolute atomic E-state index is 4.18. The third-order valence-corrected chi connectivity index (χ3v) is 3.53. The van der Waals surface area contributed by atoms with Crippen molar-refractivity contribution in [2.24, 2.45) is 0 Å². The number of pyridine rings is 1. The molecule has 0 aromatic carbocycles. The Morgan fingerprint density at radius 2 is 2.00 bits per heavy atom. The van der Waals surface area contributed by atoms with Crippen LogP contribution in [0.2, 0.25) is 0 Å². The Kier molecular flexibility index (Phi) is 7.66. The van der Waals surface area contributed by atoms with Crippen molar-refractivity contribution in [3.63, 3.8) is 0 Å². The Balaban J connectivity index is 2.13. The fraction of sp³-hybridized carbons (Fsp3) is 0.688. The smallest absolute Gasteiger partial charge is 0.0315 e. The number of hydrogen-bond acceptors (Lipinski definition) is 2. The summed E-state index contributed by atoms with van der Waals surface area (Å²) in [7, 11) is 0. The molecule has 18 heavy (non-hydrogen) atoms. The van der Waals surface area contributed by atoms with Crippen LogP contribution in [0.4, 0.5) is 0 Å². The highest BCUT2D eigenvalue weighted by atomic mass is 14.9. The molecule has 0 aliphatic carbocycles. The molecule has 0 saturated heterocycles. The lowest BCUT2D eigenvalue weighted by atomic mass is 10.1. The molecule has 0 spiro atoms. The summed E-state index contributed by atoms with van der Waals surface area (Å²) in [6.45, 7) is 7.63. The molecule has 1 aromatic rings. The van der Waals surface area contributed by atoms with E-state index in [1.54, 1.807) is 0 Å². The quantitative estimate of drug-likeness (QED) is 0.662. The van der Waals surface area contributed by atoms with Crippen LogP contribution in [-0.2, 0) is 6.54 Å². The molecule has 1 unspecified atom stereocenters. The molecule has 0 saturated carbocycles. The average molecular weight is 248 g/mol. The number of aryl methyl sites for hydroxylation is 1. The van der Waals surface area contributed by atoms with Crippen molar-refractivity contribution in [2.75, 3.05) is 0 Å². The molecule has 1 rings (SSSR count). The normalized spacial score (nSPS) is 12.6. The van der Waals surface area contributed by atoms with Gasteiger partial charge in [-0.2, -0.15) is 0 Å². The molecular weight excluding hydrogens is 220 g/mol. The van der Waals surface area contributed by atoms with Gasteiger partial charge in [0.2, 0.25) is 0 Å². The van der Waals surface area contributed by atoms with Crippen molar-refractivity contribution in [2.45, 2.75) is 71.9 Å². The highest BCUT2D eigenvalue weighted by Crippen LogP contribution is 2.09. The molecule has 0 bridgehead atoms. The Morgan fingerprint density at radius 1 is 1.22 bits per heavy atom. The number of unbranched alkanes of at least 4 members (excludes halogenated alkanes) is 4. The van der Waals surface area contributed by atoms with Crippen molar-refractivity contribution in [1.82, 2.24) is 10.3 Å². The minimum Gasteiger partial charge on any atom is -0.310 e. The monoisotopic (exact) mass is 248 g/mol. The summed E-state index contributed by atoms with van der Waals surface area (Å²) in [5, 5.41) is 3.59.